The minimum Gasteiger partial charge on any atom is -0.497 e. The lowest BCUT2D eigenvalue weighted by Gasteiger charge is -2.14. The van der Waals surface area contributed by atoms with Crippen molar-refractivity contribution >= 4 is 57.1 Å². The molecule has 0 aliphatic carbocycles. The van der Waals surface area contributed by atoms with Gasteiger partial charge in [-0.05, 0) is 42.5 Å². The van der Waals surface area contributed by atoms with Crippen LogP contribution in [-0.4, -0.2) is 29.5 Å². The van der Waals surface area contributed by atoms with E-state index in [2.05, 4.69) is 10.3 Å². The van der Waals surface area contributed by atoms with Crippen molar-refractivity contribution in [2.24, 2.45) is 9.98 Å². The average molecular weight is 518 g/mol. The van der Waals surface area contributed by atoms with Crippen LogP contribution in [0.2, 0.25) is 5.02 Å². The van der Waals surface area contributed by atoms with E-state index in [9.17, 15) is 18.0 Å². The summed E-state index contributed by atoms with van der Waals surface area (Å²) in [6.45, 7) is 0. The van der Waals surface area contributed by atoms with E-state index in [1.54, 1.807) is 7.11 Å². The molecule has 5 nitrogen and oxygen atoms in total. The summed E-state index contributed by atoms with van der Waals surface area (Å²) in [6, 6.07) is 18.0. The van der Waals surface area contributed by atoms with Crippen LogP contribution in [0.15, 0.2) is 76.7 Å². The van der Waals surface area contributed by atoms with E-state index < -0.39 is 17.6 Å². The molecule has 0 unspecified atom stereocenters. The third kappa shape index (κ3) is 6.23. The highest BCUT2D eigenvalue weighted by Gasteiger charge is 2.34. The third-order valence-electron chi connectivity index (χ3n) is 5.03. The molecule has 4 rings (SSSR count). The molecule has 1 aliphatic rings. The lowest BCUT2D eigenvalue weighted by molar-refractivity contribution is -0.137. The van der Waals surface area contributed by atoms with E-state index in [0.29, 0.717) is 28.6 Å². The van der Waals surface area contributed by atoms with Gasteiger partial charge in [-0.2, -0.15) is 13.2 Å². The van der Waals surface area contributed by atoms with Gasteiger partial charge < -0.3 is 10.1 Å². The maximum Gasteiger partial charge on any atom is 0.418 e. The van der Waals surface area contributed by atoms with Crippen molar-refractivity contribution < 1.29 is 22.7 Å². The number of benzene rings is 3. The first-order valence-electron chi connectivity index (χ1n) is 10.4. The van der Waals surface area contributed by atoms with Crippen molar-refractivity contribution in [3.8, 4) is 5.75 Å². The Hall–Kier alpha value is -3.30. The summed E-state index contributed by atoms with van der Waals surface area (Å²) in [5.74, 6) is -0.0497. The number of fused-ring (bicyclic) bond motifs is 1. The Morgan fingerprint density at radius 3 is 2.51 bits per heavy atom. The van der Waals surface area contributed by atoms with E-state index in [0.717, 1.165) is 35.2 Å². The molecule has 0 radical (unpaired) electrons. The fourth-order valence-electron chi connectivity index (χ4n) is 3.40. The van der Waals surface area contributed by atoms with Gasteiger partial charge >= 0.3 is 6.18 Å². The predicted molar refractivity (Wildman–Crippen MR) is 135 cm³/mol. The first kappa shape index (κ1) is 24.8. The van der Waals surface area contributed by atoms with Crippen LogP contribution in [0.4, 0.5) is 30.2 Å². The van der Waals surface area contributed by atoms with Gasteiger partial charge in [0.25, 0.3) is 0 Å². The molecule has 10 heteroatoms. The summed E-state index contributed by atoms with van der Waals surface area (Å²) in [6.07, 6.45) is -4.31. The average Bonchev–Trinajstić information content (AvgIpc) is 3.02. The van der Waals surface area contributed by atoms with Crippen molar-refractivity contribution in [2.45, 2.75) is 12.6 Å². The fraction of sp³-hybridized carbons (Fsp3) is 0.160. The van der Waals surface area contributed by atoms with Gasteiger partial charge in [-0.25, -0.2) is 4.99 Å². The molecule has 1 N–H and O–H groups in total. The zero-order valence-corrected chi connectivity index (χ0v) is 20.0. The maximum atomic E-state index is 13.3. The summed E-state index contributed by atoms with van der Waals surface area (Å²) < 4.78 is 45.3. The highest BCUT2D eigenvalue weighted by atomic mass is 35.5. The molecule has 0 saturated heterocycles. The van der Waals surface area contributed by atoms with Gasteiger partial charge in [-0.3, -0.25) is 9.79 Å². The molecule has 0 aromatic heterocycles. The van der Waals surface area contributed by atoms with Crippen molar-refractivity contribution in [1.29, 1.82) is 0 Å². The molecule has 0 bridgehead atoms. The monoisotopic (exact) mass is 517 g/mol. The van der Waals surface area contributed by atoms with E-state index >= 15 is 0 Å². The van der Waals surface area contributed by atoms with Crippen LogP contribution in [0.25, 0.3) is 0 Å². The summed E-state index contributed by atoms with van der Waals surface area (Å²) >= 11 is 6.86. The van der Waals surface area contributed by atoms with Crippen LogP contribution in [0.1, 0.15) is 17.5 Å². The molecular formula is C25H19ClF3N3O2S. The number of anilines is 1. The number of nitrogens with zero attached hydrogens (tertiary/aromatic N) is 2. The van der Waals surface area contributed by atoms with Crippen LogP contribution in [0.3, 0.4) is 0 Å². The van der Waals surface area contributed by atoms with Gasteiger partial charge in [0.15, 0.2) is 0 Å². The molecule has 0 fully saturated rings. The second kappa shape index (κ2) is 10.5. The number of hydrogen-bond donors (Lipinski definition) is 1. The van der Waals surface area contributed by atoms with Gasteiger partial charge in [-0.1, -0.05) is 35.9 Å². The predicted octanol–water partition coefficient (Wildman–Crippen LogP) is 7.29. The number of thioether (sulfide) groups is 1. The highest BCUT2D eigenvalue weighted by molar-refractivity contribution is 8.14. The van der Waals surface area contributed by atoms with Crippen LogP contribution >= 0.6 is 23.4 Å². The summed E-state index contributed by atoms with van der Waals surface area (Å²) in [4.78, 5) is 22.0. The van der Waals surface area contributed by atoms with E-state index in [-0.39, 0.29) is 16.5 Å². The number of para-hydroxylation sites is 2. The third-order valence-corrected chi connectivity index (χ3v) is 6.25. The zero-order chi connectivity index (χ0) is 25.0. The highest BCUT2D eigenvalue weighted by Crippen LogP contribution is 2.37. The van der Waals surface area contributed by atoms with Gasteiger partial charge in [0.1, 0.15) is 5.75 Å². The van der Waals surface area contributed by atoms with Crippen LogP contribution in [0, 0.1) is 0 Å². The Morgan fingerprint density at radius 1 is 1.06 bits per heavy atom. The molecule has 0 saturated carbocycles. The van der Waals surface area contributed by atoms with Gasteiger partial charge in [0.2, 0.25) is 5.91 Å². The van der Waals surface area contributed by atoms with Crippen LogP contribution in [0.5, 0.6) is 5.75 Å². The molecule has 3 aromatic rings. The van der Waals surface area contributed by atoms with Crippen LogP contribution < -0.4 is 10.1 Å². The Kier molecular flexibility index (Phi) is 7.47. The fourth-order valence-corrected chi connectivity index (χ4v) is 4.35. The molecule has 3 aromatic carbocycles. The summed E-state index contributed by atoms with van der Waals surface area (Å²) in [5.41, 5.74) is 1.55. The summed E-state index contributed by atoms with van der Waals surface area (Å²) in [5, 5.41) is 2.88. The number of aliphatic imine (C=N–C) groups is 2. The quantitative estimate of drug-likeness (QED) is 0.386. The van der Waals surface area contributed by atoms with E-state index in [1.165, 1.54) is 6.07 Å². The van der Waals surface area contributed by atoms with Gasteiger partial charge in [-0.15, -0.1) is 11.8 Å². The second-order valence-corrected chi connectivity index (χ2v) is 8.97. The number of amides is 1. The number of hydrogen-bond acceptors (Lipinski definition) is 5. The van der Waals surface area contributed by atoms with Gasteiger partial charge in [0, 0.05) is 17.0 Å². The molecule has 0 spiro atoms. The molecule has 1 aliphatic heterocycles. The Morgan fingerprint density at radius 2 is 1.80 bits per heavy atom. The first-order chi connectivity index (χ1) is 16.7. The number of nitrogens with one attached hydrogen (secondary N) is 1. The molecule has 180 valence electrons. The zero-order valence-electron chi connectivity index (χ0n) is 18.4. The molecular weight excluding hydrogens is 499 g/mol. The van der Waals surface area contributed by atoms with E-state index in [1.807, 2.05) is 48.5 Å². The Balaban J connectivity index is 1.54. The first-order valence-corrected chi connectivity index (χ1v) is 11.8. The minimum atomic E-state index is -4.65. The normalized spacial score (nSPS) is 13.3. The number of methoxy groups -OCH3 is 1. The smallest absolute Gasteiger partial charge is 0.418 e. The lowest BCUT2D eigenvalue weighted by Crippen LogP contribution is -2.19. The lowest BCUT2D eigenvalue weighted by atomic mass is 10.1. The number of halogens is 4. The second-order valence-electron chi connectivity index (χ2n) is 7.49. The molecule has 35 heavy (non-hydrogen) atoms. The number of ether oxygens (including phenoxy) is 1. The van der Waals surface area contributed by atoms with Crippen molar-refractivity contribution in [3.63, 3.8) is 0 Å². The summed E-state index contributed by atoms with van der Waals surface area (Å²) in [7, 11) is 1.58. The number of rotatable bonds is 5. The SMILES string of the molecule is COc1cccc(C2=Nc3ccccc3N=C(SCC(=O)Nc3ccc(Cl)cc3C(F)(F)F)C2)c1. The standard InChI is InChI=1S/C25H19ClF3N3O2S/c1-34-17-6-4-5-15(11-17)22-13-24(32-21-8-3-2-7-20(21)30-22)35-14-23(33)31-19-10-9-16(26)12-18(19)25(27,28)29/h2-12H,13-14H2,1H3,(H,31,33). The van der Waals surface area contributed by atoms with Crippen molar-refractivity contribution in [2.75, 3.05) is 18.2 Å². The number of carbonyl (C=O) groups is 1. The number of carbonyl (C=O) groups excluding carboxylic acids is 1. The van der Waals surface area contributed by atoms with E-state index in [4.69, 9.17) is 21.3 Å². The topological polar surface area (TPSA) is 63.1 Å². The van der Waals surface area contributed by atoms with Crippen LogP contribution in [-0.2, 0) is 11.0 Å². The Bertz CT molecular complexity index is 1330. The van der Waals surface area contributed by atoms with Gasteiger partial charge in [0.05, 0.1) is 46.2 Å². The van der Waals surface area contributed by atoms with Crippen molar-refractivity contribution in [3.05, 3.63) is 82.9 Å². The Labute approximate surface area is 209 Å². The minimum absolute atomic E-state index is 0.0689. The molecule has 1 heterocycles. The largest absolute Gasteiger partial charge is 0.497 e. The molecule has 0 atom stereocenters. The maximum absolute atomic E-state index is 13.3. The van der Waals surface area contributed by atoms with Crippen molar-refractivity contribution in [1.82, 2.24) is 0 Å². The number of alkyl halides is 3. The molecule has 1 amide bonds.